The van der Waals surface area contributed by atoms with E-state index in [1.54, 1.807) is 6.92 Å². The summed E-state index contributed by atoms with van der Waals surface area (Å²) in [5, 5.41) is 0.326. The molecule has 0 aromatic heterocycles. The molecule has 13 heavy (non-hydrogen) atoms. The van der Waals surface area contributed by atoms with Gasteiger partial charge in [-0.2, -0.15) is 0 Å². The lowest BCUT2D eigenvalue weighted by Gasteiger charge is -2.15. The molecule has 0 fully saturated rings. The summed E-state index contributed by atoms with van der Waals surface area (Å²) in [6, 6.07) is 0. The molecule has 0 aromatic rings. The van der Waals surface area contributed by atoms with Crippen molar-refractivity contribution in [3.63, 3.8) is 0 Å². The van der Waals surface area contributed by atoms with Crippen LogP contribution in [0.4, 0.5) is 0 Å². The molecule has 0 atom stereocenters. The summed E-state index contributed by atoms with van der Waals surface area (Å²) >= 11 is 5.14. The maximum Gasteiger partial charge on any atom is 0.346 e. The summed E-state index contributed by atoms with van der Waals surface area (Å²) in [6.45, 7) is 2.95. The van der Waals surface area contributed by atoms with Gasteiger partial charge < -0.3 is 9.68 Å². The summed E-state index contributed by atoms with van der Waals surface area (Å²) in [5.74, 6) is -1.81. The number of hydrogen-bond donors (Lipinski definition) is 0. The fourth-order valence-electron chi connectivity index (χ4n) is 0.389. The van der Waals surface area contributed by atoms with Crippen molar-refractivity contribution in [2.24, 2.45) is 0 Å². The number of nitrogens with zero attached hydrogens (tertiary/aromatic N) is 1. The number of hydrogen-bond acceptors (Lipinski definition) is 6. The predicted molar refractivity (Wildman–Crippen MR) is 42.0 cm³/mol. The minimum Gasteiger partial charge on any atom is -0.310 e. The molecule has 0 aliphatic rings. The van der Waals surface area contributed by atoms with Crippen LogP contribution < -0.4 is 0 Å². The molecule has 76 valence electrons. The minimum atomic E-state index is -0.781. The van der Waals surface area contributed by atoms with Gasteiger partial charge in [0, 0.05) is 6.92 Å². The van der Waals surface area contributed by atoms with E-state index in [2.05, 4.69) is 14.5 Å². The highest BCUT2D eigenvalue weighted by atomic mass is 35.5. The SMILES string of the molecule is CCON(OC(C)=O)OC(=O)CCl. The molecule has 0 radical (unpaired) electrons. The van der Waals surface area contributed by atoms with Gasteiger partial charge in [0.05, 0.1) is 6.61 Å². The zero-order valence-corrected chi connectivity index (χ0v) is 8.04. The van der Waals surface area contributed by atoms with Crippen LogP contribution in [0.25, 0.3) is 0 Å². The van der Waals surface area contributed by atoms with Gasteiger partial charge in [0.25, 0.3) is 0 Å². The molecule has 0 amide bonds. The largest absolute Gasteiger partial charge is 0.346 e. The molecule has 0 aliphatic heterocycles. The number of alkyl halides is 1. The fraction of sp³-hybridized carbons (Fsp3) is 0.667. The number of halogens is 1. The van der Waals surface area contributed by atoms with E-state index in [0.29, 0.717) is 5.39 Å². The van der Waals surface area contributed by atoms with Gasteiger partial charge in [-0.25, -0.2) is 9.63 Å². The van der Waals surface area contributed by atoms with E-state index in [9.17, 15) is 9.59 Å². The lowest BCUT2D eigenvalue weighted by atomic mass is 10.8. The van der Waals surface area contributed by atoms with Crippen LogP contribution in [0.5, 0.6) is 0 Å². The Bertz CT molecular complexity index is 186. The predicted octanol–water partition coefficient (Wildman–Crippen LogP) is 0.415. The first-order valence-electron chi connectivity index (χ1n) is 3.48. The van der Waals surface area contributed by atoms with E-state index in [1.165, 1.54) is 0 Å². The van der Waals surface area contributed by atoms with Crippen molar-refractivity contribution in [3.8, 4) is 0 Å². The van der Waals surface area contributed by atoms with Gasteiger partial charge in [0.2, 0.25) is 0 Å². The van der Waals surface area contributed by atoms with Gasteiger partial charge in [-0.3, -0.25) is 4.79 Å². The second-order valence-electron chi connectivity index (χ2n) is 1.82. The van der Waals surface area contributed by atoms with Crippen molar-refractivity contribution in [2.45, 2.75) is 13.8 Å². The first-order valence-corrected chi connectivity index (χ1v) is 4.02. The first-order chi connectivity index (χ1) is 6.10. The standard InChI is InChI=1S/C6H10ClNO5/c1-3-11-8(12-5(2)9)13-6(10)4-7/h3-4H2,1-2H3. The number of rotatable bonds is 5. The van der Waals surface area contributed by atoms with Gasteiger partial charge in [-0.05, 0) is 6.92 Å². The van der Waals surface area contributed by atoms with Crippen LogP contribution >= 0.6 is 11.6 Å². The van der Waals surface area contributed by atoms with E-state index in [4.69, 9.17) is 11.6 Å². The Balaban J connectivity index is 3.93. The molecular formula is C6H10ClNO5. The van der Waals surface area contributed by atoms with E-state index in [-0.39, 0.29) is 12.5 Å². The van der Waals surface area contributed by atoms with E-state index < -0.39 is 11.9 Å². The van der Waals surface area contributed by atoms with Gasteiger partial charge in [-0.1, -0.05) is 0 Å². The van der Waals surface area contributed by atoms with Crippen LogP contribution in [-0.2, 0) is 24.1 Å². The zero-order chi connectivity index (χ0) is 10.3. The fourth-order valence-corrected chi connectivity index (χ4v) is 0.438. The maximum absolute atomic E-state index is 10.6. The molecule has 6 nitrogen and oxygen atoms in total. The number of carbonyl (C=O) groups is 2. The Morgan fingerprint density at radius 2 is 2.00 bits per heavy atom. The summed E-state index contributed by atoms with van der Waals surface area (Å²) in [7, 11) is 0. The molecule has 0 spiro atoms. The second-order valence-corrected chi connectivity index (χ2v) is 2.09. The van der Waals surface area contributed by atoms with Crippen molar-refractivity contribution in [2.75, 3.05) is 12.5 Å². The van der Waals surface area contributed by atoms with Crippen molar-refractivity contribution < 1.29 is 24.1 Å². The van der Waals surface area contributed by atoms with Crippen LogP contribution in [0, 0.1) is 0 Å². The highest BCUT2D eigenvalue weighted by Crippen LogP contribution is 1.96. The van der Waals surface area contributed by atoms with Crippen molar-refractivity contribution >= 4 is 23.5 Å². The smallest absolute Gasteiger partial charge is 0.310 e. The third kappa shape index (κ3) is 6.32. The van der Waals surface area contributed by atoms with Crippen LogP contribution in [-0.4, -0.2) is 29.8 Å². The van der Waals surface area contributed by atoms with Crippen LogP contribution in [0.1, 0.15) is 13.8 Å². The molecule has 0 unspecified atom stereocenters. The Morgan fingerprint density at radius 1 is 1.38 bits per heavy atom. The Hall–Kier alpha value is -0.850. The lowest BCUT2D eigenvalue weighted by Crippen LogP contribution is -2.30. The molecular weight excluding hydrogens is 202 g/mol. The summed E-state index contributed by atoms with van der Waals surface area (Å²) in [4.78, 5) is 34.3. The Morgan fingerprint density at radius 3 is 2.38 bits per heavy atom. The third-order valence-corrected chi connectivity index (χ3v) is 0.941. The van der Waals surface area contributed by atoms with Gasteiger partial charge in [0.1, 0.15) is 5.88 Å². The molecule has 0 aromatic carbocycles. The van der Waals surface area contributed by atoms with Gasteiger partial charge in [0.15, 0.2) is 5.39 Å². The van der Waals surface area contributed by atoms with E-state index in [1.807, 2.05) is 0 Å². The van der Waals surface area contributed by atoms with Crippen molar-refractivity contribution in [1.29, 1.82) is 0 Å². The third-order valence-electron chi connectivity index (χ3n) is 0.723. The number of carbonyl (C=O) groups excluding carboxylic acids is 2. The summed E-state index contributed by atoms with van der Waals surface area (Å²) in [6.07, 6.45) is 0. The van der Waals surface area contributed by atoms with Crippen LogP contribution in [0.3, 0.4) is 0 Å². The maximum atomic E-state index is 10.6. The molecule has 0 heterocycles. The molecule has 0 saturated carbocycles. The summed E-state index contributed by atoms with van der Waals surface area (Å²) < 4.78 is 0. The topological polar surface area (TPSA) is 65.1 Å². The van der Waals surface area contributed by atoms with Crippen molar-refractivity contribution in [3.05, 3.63) is 0 Å². The molecule has 0 aliphatic carbocycles. The van der Waals surface area contributed by atoms with Crippen molar-refractivity contribution in [1.82, 2.24) is 5.39 Å². The van der Waals surface area contributed by atoms with Gasteiger partial charge in [-0.15, -0.1) is 11.6 Å². The summed E-state index contributed by atoms with van der Waals surface area (Å²) in [5.41, 5.74) is 0. The molecule has 0 N–H and O–H groups in total. The lowest BCUT2D eigenvalue weighted by molar-refractivity contribution is -0.483. The van der Waals surface area contributed by atoms with E-state index >= 15 is 0 Å². The zero-order valence-electron chi connectivity index (χ0n) is 7.28. The van der Waals surface area contributed by atoms with Crippen LogP contribution in [0.2, 0.25) is 0 Å². The average Bonchev–Trinajstić information content (AvgIpc) is 2.03. The first kappa shape index (κ1) is 12.2. The van der Waals surface area contributed by atoms with E-state index in [0.717, 1.165) is 6.92 Å². The monoisotopic (exact) mass is 211 g/mol. The Kier molecular flexibility index (Phi) is 6.21. The molecule has 0 bridgehead atoms. The van der Waals surface area contributed by atoms with Gasteiger partial charge >= 0.3 is 11.9 Å². The molecule has 0 rings (SSSR count). The quantitative estimate of drug-likeness (QED) is 0.485. The molecule has 7 heteroatoms. The normalized spacial score (nSPS) is 9.85. The second kappa shape index (κ2) is 6.64. The highest BCUT2D eigenvalue weighted by Gasteiger charge is 2.14. The minimum absolute atomic E-state index is 0.183. The van der Waals surface area contributed by atoms with Crippen LogP contribution in [0.15, 0.2) is 0 Å². The Labute approximate surface area is 80.2 Å². The average molecular weight is 212 g/mol. The highest BCUT2D eigenvalue weighted by molar-refractivity contribution is 6.26. The molecule has 0 saturated heterocycles.